The molecule has 0 unspecified atom stereocenters. The Kier molecular flexibility index (Phi) is 6.01. The van der Waals surface area contributed by atoms with Gasteiger partial charge in [-0.25, -0.2) is 4.79 Å². The van der Waals surface area contributed by atoms with E-state index in [9.17, 15) is 9.59 Å². The lowest BCUT2D eigenvalue weighted by molar-refractivity contribution is -0.141. The van der Waals surface area contributed by atoms with Gasteiger partial charge in [-0.2, -0.15) is 5.10 Å². The maximum absolute atomic E-state index is 11.4. The Morgan fingerprint density at radius 1 is 1.47 bits per heavy atom. The molecule has 0 aliphatic heterocycles. The molecular formula is C12H16N2O4S. The van der Waals surface area contributed by atoms with Crippen molar-refractivity contribution >= 4 is 34.7 Å². The van der Waals surface area contributed by atoms with Gasteiger partial charge in [-0.3, -0.25) is 10.2 Å². The molecule has 0 aliphatic rings. The van der Waals surface area contributed by atoms with E-state index in [1.807, 2.05) is 0 Å². The van der Waals surface area contributed by atoms with Crippen LogP contribution in [0.4, 0.5) is 5.69 Å². The zero-order valence-electron chi connectivity index (χ0n) is 11.1. The van der Waals surface area contributed by atoms with Gasteiger partial charge in [0.25, 0.3) is 0 Å². The van der Waals surface area contributed by atoms with Gasteiger partial charge in [-0.05, 0) is 25.3 Å². The van der Waals surface area contributed by atoms with Gasteiger partial charge in [0.1, 0.15) is 4.88 Å². The number of esters is 2. The number of anilines is 1. The van der Waals surface area contributed by atoms with E-state index in [0.717, 1.165) is 0 Å². The Labute approximate surface area is 115 Å². The van der Waals surface area contributed by atoms with E-state index >= 15 is 0 Å². The topological polar surface area (TPSA) is 77.0 Å². The number of hydrogen-bond acceptors (Lipinski definition) is 7. The summed E-state index contributed by atoms with van der Waals surface area (Å²) in [6, 6.07) is 1.72. The molecule has 0 fully saturated rings. The first-order valence-electron chi connectivity index (χ1n) is 5.69. The van der Waals surface area contributed by atoms with Crippen molar-refractivity contribution in [2.24, 2.45) is 5.10 Å². The van der Waals surface area contributed by atoms with Crippen LogP contribution in [0.1, 0.15) is 29.9 Å². The van der Waals surface area contributed by atoms with E-state index < -0.39 is 5.97 Å². The second-order valence-electron chi connectivity index (χ2n) is 3.60. The van der Waals surface area contributed by atoms with Gasteiger partial charge in [0.15, 0.2) is 0 Å². The number of methoxy groups -OCH3 is 1. The molecule has 0 aliphatic carbocycles. The molecule has 0 saturated heterocycles. The zero-order valence-corrected chi connectivity index (χ0v) is 11.9. The number of carbonyl (C=O) groups is 2. The van der Waals surface area contributed by atoms with Gasteiger partial charge in [-0.1, -0.05) is 0 Å². The molecule has 0 atom stereocenters. The lowest BCUT2D eigenvalue weighted by Crippen LogP contribution is -2.10. The van der Waals surface area contributed by atoms with Crippen LogP contribution < -0.4 is 5.43 Å². The minimum Gasteiger partial charge on any atom is -0.466 e. The average molecular weight is 284 g/mol. The number of carbonyl (C=O) groups excluding carboxylic acids is 2. The zero-order chi connectivity index (χ0) is 14.3. The lowest BCUT2D eigenvalue weighted by Gasteiger charge is -2.04. The number of thiophene rings is 1. The molecule has 1 heterocycles. The molecule has 19 heavy (non-hydrogen) atoms. The number of ether oxygens (including phenoxy) is 2. The molecule has 1 aromatic rings. The summed E-state index contributed by atoms with van der Waals surface area (Å²) in [4.78, 5) is 23.1. The lowest BCUT2D eigenvalue weighted by atomic mass is 10.3. The predicted octanol–water partition coefficient (Wildman–Crippen LogP) is 2.28. The van der Waals surface area contributed by atoms with Gasteiger partial charge < -0.3 is 9.47 Å². The molecular weight excluding hydrogens is 268 g/mol. The SMILES string of the molecule is CCOC(=O)CC(C)=NNc1ccsc1C(=O)OC. The molecule has 0 spiro atoms. The summed E-state index contributed by atoms with van der Waals surface area (Å²) in [5.74, 6) is -0.750. The molecule has 0 amide bonds. The third-order valence-electron chi connectivity index (χ3n) is 2.11. The Hall–Kier alpha value is -1.89. The smallest absolute Gasteiger partial charge is 0.350 e. The minimum atomic E-state index is -0.421. The molecule has 1 rings (SSSR count). The van der Waals surface area contributed by atoms with Crippen molar-refractivity contribution in [1.82, 2.24) is 0 Å². The fraction of sp³-hybridized carbons (Fsp3) is 0.417. The maximum atomic E-state index is 11.4. The van der Waals surface area contributed by atoms with Gasteiger partial charge in [0, 0.05) is 5.71 Å². The summed E-state index contributed by atoms with van der Waals surface area (Å²) in [5.41, 5.74) is 3.87. The highest BCUT2D eigenvalue weighted by Gasteiger charge is 2.13. The first-order chi connectivity index (χ1) is 9.08. The molecule has 1 N–H and O–H groups in total. The summed E-state index contributed by atoms with van der Waals surface area (Å²) >= 11 is 1.26. The van der Waals surface area contributed by atoms with Gasteiger partial charge in [-0.15, -0.1) is 11.3 Å². The highest BCUT2D eigenvalue weighted by atomic mass is 32.1. The molecule has 0 saturated carbocycles. The van der Waals surface area contributed by atoms with Crippen LogP contribution in [0.3, 0.4) is 0 Å². The molecule has 0 radical (unpaired) electrons. The van der Waals surface area contributed by atoms with Crippen LogP contribution in [0.2, 0.25) is 0 Å². The molecule has 0 aromatic carbocycles. The van der Waals surface area contributed by atoms with Crippen LogP contribution in [0.5, 0.6) is 0 Å². The molecule has 1 aromatic heterocycles. The van der Waals surface area contributed by atoms with E-state index in [4.69, 9.17) is 4.74 Å². The van der Waals surface area contributed by atoms with Crippen LogP contribution >= 0.6 is 11.3 Å². The summed E-state index contributed by atoms with van der Waals surface area (Å²) < 4.78 is 9.46. The highest BCUT2D eigenvalue weighted by Crippen LogP contribution is 2.23. The van der Waals surface area contributed by atoms with Crippen LogP contribution in [0.15, 0.2) is 16.5 Å². The quantitative estimate of drug-likeness (QED) is 0.492. The second kappa shape index (κ2) is 7.52. The number of rotatable bonds is 6. The first-order valence-corrected chi connectivity index (χ1v) is 6.57. The van der Waals surface area contributed by atoms with E-state index in [1.165, 1.54) is 18.4 Å². The van der Waals surface area contributed by atoms with Crippen LogP contribution in [-0.4, -0.2) is 31.4 Å². The van der Waals surface area contributed by atoms with Crippen LogP contribution in [0.25, 0.3) is 0 Å². The molecule has 6 nitrogen and oxygen atoms in total. The Bertz CT molecular complexity index is 482. The maximum Gasteiger partial charge on any atom is 0.350 e. The Morgan fingerprint density at radius 2 is 2.21 bits per heavy atom. The Balaban J connectivity index is 2.63. The molecule has 104 valence electrons. The van der Waals surface area contributed by atoms with E-state index in [0.29, 0.717) is 22.9 Å². The highest BCUT2D eigenvalue weighted by molar-refractivity contribution is 7.12. The number of hydrogen-bond donors (Lipinski definition) is 1. The minimum absolute atomic E-state index is 0.110. The summed E-state index contributed by atoms with van der Waals surface area (Å²) in [6.45, 7) is 3.79. The normalized spacial score (nSPS) is 11.0. The van der Waals surface area contributed by atoms with Crippen molar-refractivity contribution in [3.8, 4) is 0 Å². The third kappa shape index (κ3) is 4.70. The van der Waals surface area contributed by atoms with Crippen LogP contribution in [-0.2, 0) is 14.3 Å². The van der Waals surface area contributed by atoms with E-state index in [-0.39, 0.29) is 12.4 Å². The van der Waals surface area contributed by atoms with Crippen molar-refractivity contribution in [2.45, 2.75) is 20.3 Å². The van der Waals surface area contributed by atoms with Crippen molar-refractivity contribution in [3.05, 3.63) is 16.3 Å². The molecule has 0 bridgehead atoms. The third-order valence-corrected chi connectivity index (χ3v) is 3.00. The fourth-order valence-corrected chi connectivity index (χ4v) is 2.02. The summed E-state index contributed by atoms with van der Waals surface area (Å²) in [6.07, 6.45) is 0.110. The number of hydrazone groups is 1. The van der Waals surface area contributed by atoms with Gasteiger partial charge in [0.05, 0.1) is 25.8 Å². The number of nitrogens with zero attached hydrogens (tertiary/aromatic N) is 1. The van der Waals surface area contributed by atoms with Crippen molar-refractivity contribution in [2.75, 3.05) is 19.1 Å². The van der Waals surface area contributed by atoms with E-state index in [1.54, 1.807) is 25.3 Å². The first kappa shape index (κ1) is 15.2. The average Bonchev–Trinajstić information content (AvgIpc) is 2.84. The predicted molar refractivity (Wildman–Crippen MR) is 73.6 cm³/mol. The number of nitrogens with one attached hydrogen (secondary N) is 1. The van der Waals surface area contributed by atoms with Gasteiger partial charge >= 0.3 is 11.9 Å². The van der Waals surface area contributed by atoms with Crippen molar-refractivity contribution in [3.63, 3.8) is 0 Å². The largest absolute Gasteiger partial charge is 0.466 e. The molecule has 7 heteroatoms. The summed E-state index contributed by atoms with van der Waals surface area (Å²) in [7, 11) is 1.32. The van der Waals surface area contributed by atoms with Crippen molar-refractivity contribution in [1.29, 1.82) is 0 Å². The Morgan fingerprint density at radius 3 is 2.84 bits per heavy atom. The second-order valence-corrected chi connectivity index (χ2v) is 4.51. The summed E-state index contributed by atoms with van der Waals surface area (Å²) in [5, 5.41) is 5.79. The van der Waals surface area contributed by atoms with Crippen LogP contribution in [0, 0.1) is 0 Å². The van der Waals surface area contributed by atoms with Crippen molar-refractivity contribution < 1.29 is 19.1 Å². The monoisotopic (exact) mass is 284 g/mol. The van der Waals surface area contributed by atoms with E-state index in [2.05, 4.69) is 15.3 Å². The fourth-order valence-electron chi connectivity index (χ4n) is 1.26. The standard InChI is InChI=1S/C12H16N2O4S/c1-4-18-10(15)7-8(2)13-14-9-5-6-19-11(9)12(16)17-3/h5-6,14H,4,7H2,1-3H3. The van der Waals surface area contributed by atoms with Gasteiger partial charge in [0.2, 0.25) is 0 Å².